The van der Waals surface area contributed by atoms with Gasteiger partial charge in [0.1, 0.15) is 5.25 Å². The van der Waals surface area contributed by atoms with Gasteiger partial charge in [-0.05, 0) is 44.4 Å². The second-order valence-corrected chi connectivity index (χ2v) is 9.01. The van der Waals surface area contributed by atoms with Crippen LogP contribution < -0.4 is 5.32 Å². The highest BCUT2D eigenvalue weighted by Gasteiger charge is 2.40. The number of alkyl halides is 1. The van der Waals surface area contributed by atoms with Crippen molar-refractivity contribution in [2.24, 2.45) is 5.92 Å². The van der Waals surface area contributed by atoms with E-state index in [4.69, 9.17) is 11.6 Å². The summed E-state index contributed by atoms with van der Waals surface area (Å²) in [6.45, 7) is 2.20. The van der Waals surface area contributed by atoms with Crippen LogP contribution in [0.3, 0.4) is 0 Å². The van der Waals surface area contributed by atoms with Crippen LogP contribution in [0.15, 0.2) is 0 Å². The second-order valence-electron chi connectivity index (χ2n) is 6.44. The third-order valence-corrected chi connectivity index (χ3v) is 7.43. The number of halogens is 1. The highest BCUT2D eigenvalue weighted by Crippen LogP contribution is 2.33. The molecule has 6 heteroatoms. The van der Waals surface area contributed by atoms with Gasteiger partial charge in [0.05, 0.1) is 11.3 Å². The quantitative estimate of drug-likeness (QED) is 0.811. The Morgan fingerprint density at radius 1 is 1.25 bits per heavy atom. The molecule has 2 fully saturated rings. The number of rotatable bonds is 3. The number of carbonyl (C=O) groups is 1. The largest absolute Gasteiger partial charge is 0.348 e. The lowest BCUT2D eigenvalue weighted by Crippen LogP contribution is -2.56. The zero-order valence-corrected chi connectivity index (χ0v) is 13.6. The third kappa shape index (κ3) is 3.48. The monoisotopic (exact) mass is 321 g/mol. The molecule has 1 aliphatic carbocycles. The van der Waals surface area contributed by atoms with Crippen LogP contribution in [0.25, 0.3) is 0 Å². The molecule has 116 valence electrons. The summed E-state index contributed by atoms with van der Waals surface area (Å²) < 4.78 is 24.0. The van der Waals surface area contributed by atoms with Crippen LogP contribution >= 0.6 is 11.6 Å². The molecule has 1 unspecified atom stereocenters. The van der Waals surface area contributed by atoms with E-state index in [0.717, 1.165) is 32.1 Å². The Balaban J connectivity index is 2.06. The van der Waals surface area contributed by atoms with Gasteiger partial charge in [-0.3, -0.25) is 4.79 Å². The molecule has 1 N–H and O–H groups in total. The van der Waals surface area contributed by atoms with Crippen molar-refractivity contribution >= 4 is 27.3 Å². The van der Waals surface area contributed by atoms with Crippen LogP contribution in [-0.2, 0) is 14.6 Å². The molecule has 0 aromatic rings. The summed E-state index contributed by atoms with van der Waals surface area (Å²) in [5.41, 5.74) is -0.405. The van der Waals surface area contributed by atoms with Crippen LogP contribution in [0.1, 0.15) is 51.9 Å². The fraction of sp³-hybridized carbons (Fsp3) is 0.929. The van der Waals surface area contributed by atoms with Crippen molar-refractivity contribution in [2.45, 2.75) is 62.7 Å². The average molecular weight is 322 g/mol. The Kier molecular flexibility index (Phi) is 5.00. The lowest BCUT2D eigenvalue weighted by atomic mass is 9.78. The van der Waals surface area contributed by atoms with Crippen molar-refractivity contribution in [1.82, 2.24) is 5.32 Å². The number of sulfone groups is 1. The van der Waals surface area contributed by atoms with E-state index in [0.29, 0.717) is 24.6 Å². The molecule has 2 aliphatic rings. The first-order chi connectivity index (χ1) is 9.38. The predicted molar refractivity (Wildman–Crippen MR) is 80.7 cm³/mol. The molecule has 1 aliphatic heterocycles. The van der Waals surface area contributed by atoms with Crippen molar-refractivity contribution in [3.05, 3.63) is 0 Å². The summed E-state index contributed by atoms with van der Waals surface area (Å²) in [6, 6.07) is 0. The molecule has 20 heavy (non-hydrogen) atoms. The molecule has 4 nitrogen and oxygen atoms in total. The summed E-state index contributed by atoms with van der Waals surface area (Å²) in [5, 5.41) is 2.11. The number of hydrogen-bond acceptors (Lipinski definition) is 3. The number of nitrogens with one attached hydrogen (secondary N) is 1. The van der Waals surface area contributed by atoms with E-state index in [2.05, 4.69) is 12.2 Å². The summed E-state index contributed by atoms with van der Waals surface area (Å²) in [5.74, 6) is 0.815. The topological polar surface area (TPSA) is 63.2 Å². The molecule has 1 amide bonds. The standard InChI is InChI=1S/C14H24ClNO3S/c1-11-5-7-14(10-15,8-6-11)16-13(17)12-4-2-3-9-20(12,18)19/h11-12H,2-10H2,1H3,(H,16,17). The van der Waals surface area contributed by atoms with Crippen LogP contribution in [0, 0.1) is 5.92 Å². The molecule has 1 saturated carbocycles. The van der Waals surface area contributed by atoms with E-state index in [1.165, 1.54) is 0 Å². The van der Waals surface area contributed by atoms with Crippen molar-refractivity contribution in [3.8, 4) is 0 Å². The van der Waals surface area contributed by atoms with Gasteiger partial charge >= 0.3 is 0 Å². The van der Waals surface area contributed by atoms with E-state index in [9.17, 15) is 13.2 Å². The van der Waals surface area contributed by atoms with Gasteiger partial charge in [-0.25, -0.2) is 8.42 Å². The Morgan fingerprint density at radius 3 is 2.45 bits per heavy atom. The minimum atomic E-state index is -3.27. The first-order valence-corrected chi connectivity index (χ1v) is 9.73. The SMILES string of the molecule is CC1CCC(CCl)(NC(=O)C2CCCCS2(=O)=O)CC1. The molecule has 0 aromatic carbocycles. The highest BCUT2D eigenvalue weighted by molar-refractivity contribution is 7.92. The van der Waals surface area contributed by atoms with Crippen molar-refractivity contribution in [2.75, 3.05) is 11.6 Å². The van der Waals surface area contributed by atoms with Gasteiger partial charge in [-0.1, -0.05) is 13.3 Å². The molecule has 1 saturated heterocycles. The summed E-state index contributed by atoms with van der Waals surface area (Å²) in [6.07, 6.45) is 5.68. The molecule has 0 radical (unpaired) electrons. The predicted octanol–water partition coefficient (Wildman–Crippen LogP) is 2.26. The molecule has 1 heterocycles. The van der Waals surface area contributed by atoms with Gasteiger partial charge in [-0.2, -0.15) is 0 Å². The molecule has 1 atom stereocenters. The fourth-order valence-electron chi connectivity index (χ4n) is 3.20. The van der Waals surface area contributed by atoms with Gasteiger partial charge in [-0.15, -0.1) is 11.6 Å². The Hall–Kier alpha value is -0.290. The molecular formula is C14H24ClNO3S. The van der Waals surface area contributed by atoms with E-state index in [1.807, 2.05) is 0 Å². The lowest BCUT2D eigenvalue weighted by molar-refractivity contribution is -0.123. The van der Waals surface area contributed by atoms with E-state index in [-0.39, 0.29) is 11.7 Å². The number of carbonyl (C=O) groups excluding carboxylic acids is 1. The van der Waals surface area contributed by atoms with Crippen LogP contribution in [0.4, 0.5) is 0 Å². The van der Waals surface area contributed by atoms with Gasteiger partial charge < -0.3 is 5.32 Å². The summed E-state index contributed by atoms with van der Waals surface area (Å²) in [4.78, 5) is 12.4. The average Bonchev–Trinajstić information content (AvgIpc) is 2.41. The minimum Gasteiger partial charge on any atom is -0.348 e. The van der Waals surface area contributed by atoms with Crippen molar-refractivity contribution < 1.29 is 13.2 Å². The van der Waals surface area contributed by atoms with Crippen LogP contribution in [0.5, 0.6) is 0 Å². The smallest absolute Gasteiger partial charge is 0.238 e. The maximum atomic E-state index is 12.4. The van der Waals surface area contributed by atoms with Gasteiger partial charge in [0, 0.05) is 5.88 Å². The molecule has 2 rings (SSSR count). The zero-order valence-electron chi connectivity index (χ0n) is 12.0. The minimum absolute atomic E-state index is 0.135. The third-order valence-electron chi connectivity index (χ3n) is 4.75. The Labute approximate surface area is 126 Å². The zero-order chi connectivity index (χ0) is 14.8. The van der Waals surface area contributed by atoms with Crippen LogP contribution in [0.2, 0.25) is 0 Å². The second kappa shape index (κ2) is 6.22. The number of amides is 1. The van der Waals surface area contributed by atoms with Gasteiger partial charge in [0.25, 0.3) is 0 Å². The molecule has 0 aromatic heterocycles. The van der Waals surface area contributed by atoms with Crippen LogP contribution in [-0.4, -0.2) is 36.7 Å². The fourth-order valence-corrected chi connectivity index (χ4v) is 5.33. The maximum Gasteiger partial charge on any atom is 0.238 e. The van der Waals surface area contributed by atoms with Crippen molar-refractivity contribution in [1.29, 1.82) is 0 Å². The summed E-state index contributed by atoms with van der Waals surface area (Å²) >= 11 is 6.07. The lowest BCUT2D eigenvalue weighted by Gasteiger charge is -2.39. The Morgan fingerprint density at radius 2 is 1.90 bits per heavy atom. The molecule has 0 bridgehead atoms. The van der Waals surface area contributed by atoms with Crippen molar-refractivity contribution in [3.63, 3.8) is 0 Å². The molecular weight excluding hydrogens is 298 g/mol. The van der Waals surface area contributed by atoms with E-state index in [1.54, 1.807) is 0 Å². The summed E-state index contributed by atoms with van der Waals surface area (Å²) in [7, 11) is -3.27. The first-order valence-electron chi connectivity index (χ1n) is 7.48. The maximum absolute atomic E-state index is 12.4. The van der Waals surface area contributed by atoms with Gasteiger partial charge in [0.2, 0.25) is 5.91 Å². The highest BCUT2D eigenvalue weighted by atomic mass is 35.5. The Bertz CT molecular complexity index is 455. The van der Waals surface area contributed by atoms with Gasteiger partial charge in [0.15, 0.2) is 9.84 Å². The van der Waals surface area contributed by atoms with E-state index >= 15 is 0 Å². The molecule has 0 spiro atoms. The first kappa shape index (κ1) is 16.1. The number of hydrogen-bond donors (Lipinski definition) is 1. The van der Waals surface area contributed by atoms with E-state index < -0.39 is 20.6 Å². The normalized spacial score (nSPS) is 37.3.